The Bertz CT molecular complexity index is 818. The van der Waals surface area contributed by atoms with Crippen LogP contribution in [0, 0.1) is 0 Å². The largest absolute Gasteiger partial charge is 0.392 e. The number of fused-ring (bicyclic) bond motifs is 1. The van der Waals surface area contributed by atoms with Crippen LogP contribution in [0.15, 0.2) is 24.3 Å². The highest BCUT2D eigenvalue weighted by molar-refractivity contribution is 5.78. The molecule has 1 saturated carbocycles. The second-order valence-electron chi connectivity index (χ2n) is 6.01. The molecule has 1 atom stereocenters. The first kappa shape index (κ1) is 14.1. The zero-order valence-electron chi connectivity index (χ0n) is 12.9. The van der Waals surface area contributed by atoms with Crippen LogP contribution >= 0.6 is 0 Å². The van der Waals surface area contributed by atoms with Crippen LogP contribution in [0.3, 0.4) is 0 Å². The molecular weight excluding hydrogens is 294 g/mol. The van der Waals surface area contributed by atoms with E-state index in [1.165, 1.54) is 0 Å². The third-order valence-electron chi connectivity index (χ3n) is 3.96. The van der Waals surface area contributed by atoms with Crippen molar-refractivity contribution in [3.05, 3.63) is 30.1 Å². The van der Waals surface area contributed by atoms with E-state index in [2.05, 4.69) is 30.4 Å². The highest BCUT2D eigenvalue weighted by Crippen LogP contribution is 2.34. The van der Waals surface area contributed by atoms with E-state index < -0.39 is 6.10 Å². The number of tetrazole rings is 1. The standard InChI is InChI=1S/C15H19N7O/c1-10(23)8-16-15-17-12-4-2-3-5-13(12)21(15)9-14-18-19-20-22(14)11-6-7-11/h2-5,10-11,23H,6-9H2,1H3,(H,16,17)/t10-/m0/s1. The maximum atomic E-state index is 9.53. The molecule has 0 saturated heterocycles. The fourth-order valence-corrected chi connectivity index (χ4v) is 2.67. The van der Waals surface area contributed by atoms with Crippen molar-refractivity contribution in [2.24, 2.45) is 0 Å². The summed E-state index contributed by atoms with van der Waals surface area (Å²) in [4.78, 5) is 4.62. The number of benzene rings is 1. The van der Waals surface area contributed by atoms with Gasteiger partial charge in [0, 0.05) is 6.54 Å². The molecule has 0 radical (unpaired) electrons. The molecule has 1 aromatic carbocycles. The number of hydrogen-bond donors (Lipinski definition) is 2. The van der Waals surface area contributed by atoms with Crippen LogP contribution < -0.4 is 5.32 Å². The van der Waals surface area contributed by atoms with Crippen LogP contribution in [0.1, 0.15) is 31.6 Å². The maximum Gasteiger partial charge on any atom is 0.204 e. The summed E-state index contributed by atoms with van der Waals surface area (Å²) in [7, 11) is 0. The molecule has 3 aromatic rings. The number of para-hydroxylation sites is 2. The van der Waals surface area contributed by atoms with Gasteiger partial charge in [-0.1, -0.05) is 12.1 Å². The Morgan fingerprint density at radius 1 is 1.35 bits per heavy atom. The molecular formula is C15H19N7O. The van der Waals surface area contributed by atoms with Crippen molar-refractivity contribution in [2.45, 2.75) is 38.5 Å². The maximum absolute atomic E-state index is 9.53. The van der Waals surface area contributed by atoms with Crippen LogP contribution in [0.5, 0.6) is 0 Å². The first-order valence-electron chi connectivity index (χ1n) is 7.86. The molecule has 2 aromatic heterocycles. The highest BCUT2D eigenvalue weighted by Gasteiger charge is 2.28. The van der Waals surface area contributed by atoms with Gasteiger partial charge >= 0.3 is 0 Å². The average Bonchev–Trinajstić information content (AvgIpc) is 3.18. The molecule has 8 heteroatoms. The van der Waals surface area contributed by atoms with E-state index in [0.717, 1.165) is 35.6 Å². The van der Waals surface area contributed by atoms with Gasteiger partial charge < -0.3 is 15.0 Å². The van der Waals surface area contributed by atoms with Crippen molar-refractivity contribution in [1.29, 1.82) is 0 Å². The second kappa shape index (κ2) is 5.62. The van der Waals surface area contributed by atoms with Crippen molar-refractivity contribution in [2.75, 3.05) is 11.9 Å². The monoisotopic (exact) mass is 313 g/mol. The zero-order chi connectivity index (χ0) is 15.8. The van der Waals surface area contributed by atoms with Crippen molar-refractivity contribution in [1.82, 2.24) is 29.8 Å². The molecule has 4 rings (SSSR count). The Balaban J connectivity index is 1.71. The number of anilines is 1. The molecule has 2 heterocycles. The molecule has 1 aliphatic rings. The Morgan fingerprint density at radius 2 is 2.17 bits per heavy atom. The van der Waals surface area contributed by atoms with Crippen molar-refractivity contribution in [3.8, 4) is 0 Å². The summed E-state index contributed by atoms with van der Waals surface area (Å²) in [6.07, 6.45) is 1.83. The number of rotatable bonds is 6. The molecule has 2 N–H and O–H groups in total. The van der Waals surface area contributed by atoms with E-state index in [0.29, 0.717) is 19.1 Å². The van der Waals surface area contributed by atoms with Gasteiger partial charge in [0.15, 0.2) is 5.82 Å². The van der Waals surface area contributed by atoms with Gasteiger partial charge in [0.1, 0.15) is 0 Å². The van der Waals surface area contributed by atoms with E-state index in [-0.39, 0.29) is 0 Å². The molecule has 0 aliphatic heterocycles. The smallest absolute Gasteiger partial charge is 0.204 e. The number of aromatic nitrogens is 6. The Hall–Kier alpha value is -2.48. The molecule has 8 nitrogen and oxygen atoms in total. The summed E-state index contributed by atoms with van der Waals surface area (Å²) in [5, 5.41) is 24.8. The van der Waals surface area contributed by atoms with Crippen molar-refractivity contribution >= 4 is 17.0 Å². The van der Waals surface area contributed by atoms with E-state index in [1.54, 1.807) is 6.92 Å². The van der Waals surface area contributed by atoms with Gasteiger partial charge in [-0.25, -0.2) is 9.67 Å². The third-order valence-corrected chi connectivity index (χ3v) is 3.96. The molecule has 0 unspecified atom stereocenters. The Labute approximate surface area is 133 Å². The number of nitrogens with zero attached hydrogens (tertiary/aromatic N) is 6. The van der Waals surface area contributed by atoms with Crippen molar-refractivity contribution < 1.29 is 5.11 Å². The van der Waals surface area contributed by atoms with Gasteiger partial charge in [0.05, 0.1) is 29.7 Å². The van der Waals surface area contributed by atoms with E-state index in [4.69, 9.17) is 0 Å². The fourth-order valence-electron chi connectivity index (χ4n) is 2.67. The summed E-state index contributed by atoms with van der Waals surface area (Å²) < 4.78 is 3.97. The molecule has 0 bridgehead atoms. The quantitative estimate of drug-likeness (QED) is 0.710. The zero-order valence-corrected chi connectivity index (χ0v) is 12.9. The van der Waals surface area contributed by atoms with Gasteiger partial charge in [-0.05, 0) is 42.3 Å². The van der Waals surface area contributed by atoms with Crippen molar-refractivity contribution in [3.63, 3.8) is 0 Å². The lowest BCUT2D eigenvalue weighted by Gasteiger charge is -2.11. The van der Waals surface area contributed by atoms with E-state index >= 15 is 0 Å². The normalized spacial score (nSPS) is 15.9. The SMILES string of the molecule is C[C@H](O)CNc1nc2ccccc2n1Cc1nnnn1C1CC1. The lowest BCUT2D eigenvalue weighted by Crippen LogP contribution is -2.19. The van der Waals surface area contributed by atoms with Gasteiger partial charge in [-0.3, -0.25) is 0 Å². The first-order valence-corrected chi connectivity index (χ1v) is 7.86. The summed E-state index contributed by atoms with van der Waals surface area (Å²) in [6.45, 7) is 2.73. The highest BCUT2D eigenvalue weighted by atomic mass is 16.3. The topological polar surface area (TPSA) is 93.7 Å². The number of aliphatic hydroxyl groups is 1. The summed E-state index contributed by atoms with van der Waals surface area (Å²) in [6, 6.07) is 8.39. The van der Waals surface area contributed by atoms with Gasteiger partial charge in [-0.2, -0.15) is 0 Å². The predicted octanol–water partition coefficient (Wildman–Crippen LogP) is 1.20. The van der Waals surface area contributed by atoms with E-state index in [9.17, 15) is 5.11 Å². The van der Waals surface area contributed by atoms with E-state index in [1.807, 2.05) is 28.9 Å². The molecule has 0 spiro atoms. The summed E-state index contributed by atoms with van der Waals surface area (Å²) >= 11 is 0. The van der Waals surface area contributed by atoms with Crippen LogP contribution in [0.2, 0.25) is 0 Å². The predicted molar refractivity (Wildman–Crippen MR) is 85.1 cm³/mol. The minimum atomic E-state index is -0.444. The number of hydrogen-bond acceptors (Lipinski definition) is 6. The third kappa shape index (κ3) is 2.77. The summed E-state index contributed by atoms with van der Waals surface area (Å²) in [5.41, 5.74) is 1.93. The molecule has 120 valence electrons. The lowest BCUT2D eigenvalue weighted by atomic mass is 10.3. The van der Waals surface area contributed by atoms with Gasteiger partial charge in [0.25, 0.3) is 0 Å². The van der Waals surface area contributed by atoms with Gasteiger partial charge in [0.2, 0.25) is 5.95 Å². The molecule has 0 amide bonds. The summed E-state index contributed by atoms with van der Waals surface area (Å²) in [5.74, 6) is 1.55. The van der Waals surface area contributed by atoms with Gasteiger partial charge in [-0.15, -0.1) is 5.10 Å². The molecule has 23 heavy (non-hydrogen) atoms. The molecule has 1 fully saturated rings. The number of imidazole rings is 1. The average molecular weight is 313 g/mol. The minimum Gasteiger partial charge on any atom is -0.392 e. The number of nitrogens with one attached hydrogen (secondary N) is 1. The second-order valence-corrected chi connectivity index (χ2v) is 6.01. The minimum absolute atomic E-state index is 0.434. The Kier molecular flexibility index (Phi) is 3.45. The first-order chi connectivity index (χ1) is 11.2. The Morgan fingerprint density at radius 3 is 2.96 bits per heavy atom. The van der Waals surface area contributed by atoms with Crippen LogP contribution in [0.4, 0.5) is 5.95 Å². The lowest BCUT2D eigenvalue weighted by molar-refractivity contribution is 0.208. The van der Waals surface area contributed by atoms with Crippen LogP contribution in [-0.4, -0.2) is 47.5 Å². The molecule has 1 aliphatic carbocycles. The van der Waals surface area contributed by atoms with Crippen LogP contribution in [0.25, 0.3) is 11.0 Å². The van der Waals surface area contributed by atoms with Crippen LogP contribution in [-0.2, 0) is 6.54 Å². The number of aliphatic hydroxyl groups excluding tert-OH is 1. The fraction of sp³-hybridized carbons (Fsp3) is 0.467.